The molecule has 1 aliphatic heterocycles. The number of aromatic hydroxyl groups is 1. The van der Waals surface area contributed by atoms with Crippen LogP contribution in [0, 0.1) is 0 Å². The van der Waals surface area contributed by atoms with Gasteiger partial charge in [0.15, 0.2) is 5.82 Å². The van der Waals surface area contributed by atoms with Crippen molar-refractivity contribution in [2.45, 2.75) is 6.10 Å². The van der Waals surface area contributed by atoms with Gasteiger partial charge in [-0.25, -0.2) is 0 Å². The fraction of sp³-hybridized carbons (Fsp3) is 0.158. The van der Waals surface area contributed by atoms with E-state index in [1.807, 2.05) is 42.5 Å². The summed E-state index contributed by atoms with van der Waals surface area (Å²) in [6.07, 6.45) is 0.114. The van der Waals surface area contributed by atoms with E-state index in [9.17, 15) is 5.11 Å². The highest BCUT2D eigenvalue weighted by atomic mass is 16.5. The zero-order valence-corrected chi connectivity index (χ0v) is 13.5. The van der Waals surface area contributed by atoms with Crippen LogP contribution in [-0.2, 0) is 0 Å². The lowest BCUT2D eigenvalue weighted by Gasteiger charge is -2.40. The second-order valence-electron chi connectivity index (χ2n) is 5.98. The molecule has 1 fully saturated rings. The number of nitrogens with two attached hydrogens (primary N) is 1. The fourth-order valence-corrected chi connectivity index (χ4v) is 2.87. The molecule has 0 saturated carbocycles. The molecule has 1 aliphatic rings. The maximum absolute atomic E-state index is 10.0. The summed E-state index contributed by atoms with van der Waals surface area (Å²) in [7, 11) is 0. The second kappa shape index (κ2) is 6.32. The Hall–Kier alpha value is -3.28. The molecular formula is C19H18N4O2. The molecule has 0 amide bonds. The van der Waals surface area contributed by atoms with Gasteiger partial charge < -0.3 is 20.5 Å². The van der Waals surface area contributed by atoms with Gasteiger partial charge in [-0.1, -0.05) is 30.3 Å². The standard InChI is InChI=1S/C19H18N4O2/c20-19-17(10-16(21-22-19)15-8-4-5-9-18(15)24)23-11-14(12-23)25-13-6-2-1-3-7-13/h1-10,14,24H,11-12H2,(H2,20,22). The maximum Gasteiger partial charge on any atom is 0.169 e. The molecule has 0 bridgehead atoms. The molecule has 6 nitrogen and oxygen atoms in total. The number of nitrogen functional groups attached to an aromatic ring is 1. The van der Waals surface area contributed by atoms with Crippen molar-refractivity contribution in [2.24, 2.45) is 0 Å². The van der Waals surface area contributed by atoms with Crippen LogP contribution in [0.4, 0.5) is 11.5 Å². The van der Waals surface area contributed by atoms with Crippen LogP contribution in [-0.4, -0.2) is 34.5 Å². The summed E-state index contributed by atoms with van der Waals surface area (Å²) in [5, 5.41) is 18.2. The molecule has 0 unspecified atom stereocenters. The van der Waals surface area contributed by atoms with Crippen LogP contribution in [0.5, 0.6) is 11.5 Å². The lowest BCUT2D eigenvalue weighted by atomic mass is 10.1. The van der Waals surface area contributed by atoms with Gasteiger partial charge in [-0.3, -0.25) is 0 Å². The molecule has 1 saturated heterocycles. The largest absolute Gasteiger partial charge is 0.507 e. The van der Waals surface area contributed by atoms with Crippen LogP contribution in [0.1, 0.15) is 0 Å². The summed E-state index contributed by atoms with van der Waals surface area (Å²) in [6.45, 7) is 1.45. The molecule has 3 N–H and O–H groups in total. The van der Waals surface area contributed by atoms with Gasteiger partial charge in [-0.15, -0.1) is 10.2 Å². The Bertz CT molecular complexity index is 880. The molecule has 0 aliphatic carbocycles. The molecule has 4 rings (SSSR count). The first-order valence-corrected chi connectivity index (χ1v) is 8.09. The van der Waals surface area contributed by atoms with E-state index in [0.29, 0.717) is 17.1 Å². The topological polar surface area (TPSA) is 84.5 Å². The smallest absolute Gasteiger partial charge is 0.169 e. The van der Waals surface area contributed by atoms with Crippen LogP contribution in [0.3, 0.4) is 0 Å². The Kier molecular flexibility index (Phi) is 3.85. The molecule has 6 heteroatoms. The Morgan fingerprint density at radius 2 is 1.72 bits per heavy atom. The number of rotatable bonds is 4. The van der Waals surface area contributed by atoms with Gasteiger partial charge >= 0.3 is 0 Å². The Morgan fingerprint density at radius 3 is 2.48 bits per heavy atom. The van der Waals surface area contributed by atoms with Crippen LogP contribution in [0.25, 0.3) is 11.3 Å². The molecule has 0 atom stereocenters. The normalized spacial score (nSPS) is 14.2. The van der Waals surface area contributed by atoms with Crippen LogP contribution in [0.15, 0.2) is 60.7 Å². The van der Waals surface area contributed by atoms with Crippen molar-refractivity contribution in [2.75, 3.05) is 23.7 Å². The van der Waals surface area contributed by atoms with Crippen LogP contribution < -0.4 is 15.4 Å². The van der Waals surface area contributed by atoms with Gasteiger partial charge in [0, 0.05) is 5.56 Å². The number of phenols is 1. The third-order valence-corrected chi connectivity index (χ3v) is 4.22. The quantitative estimate of drug-likeness (QED) is 0.763. The first-order chi connectivity index (χ1) is 12.2. The monoisotopic (exact) mass is 334 g/mol. The van der Waals surface area contributed by atoms with E-state index in [-0.39, 0.29) is 11.9 Å². The van der Waals surface area contributed by atoms with E-state index < -0.39 is 0 Å². The lowest BCUT2D eigenvalue weighted by molar-refractivity contribution is 0.167. The van der Waals surface area contributed by atoms with Crippen LogP contribution in [0.2, 0.25) is 0 Å². The summed E-state index contributed by atoms with van der Waals surface area (Å²) in [6, 6.07) is 18.7. The summed E-state index contributed by atoms with van der Waals surface area (Å²) < 4.78 is 5.92. The van der Waals surface area contributed by atoms with E-state index in [1.54, 1.807) is 18.2 Å². The van der Waals surface area contributed by atoms with Crippen molar-refractivity contribution in [1.29, 1.82) is 0 Å². The third-order valence-electron chi connectivity index (χ3n) is 4.22. The molecule has 126 valence electrons. The number of ether oxygens (including phenoxy) is 1. The van der Waals surface area contributed by atoms with Crippen molar-refractivity contribution in [1.82, 2.24) is 10.2 Å². The van der Waals surface area contributed by atoms with Gasteiger partial charge in [0.05, 0.1) is 24.5 Å². The number of aromatic nitrogens is 2. The number of hydrogen-bond acceptors (Lipinski definition) is 6. The average Bonchev–Trinajstić information content (AvgIpc) is 2.60. The van der Waals surface area contributed by atoms with Crippen LogP contribution >= 0.6 is 0 Å². The SMILES string of the molecule is Nc1nnc(-c2ccccc2O)cc1N1CC(Oc2ccccc2)C1. The maximum atomic E-state index is 10.0. The molecule has 1 aromatic heterocycles. The average molecular weight is 334 g/mol. The van der Waals surface area contributed by atoms with Gasteiger partial charge in [-0.05, 0) is 30.3 Å². The number of phenolic OH excluding ortho intramolecular Hbond substituents is 1. The fourth-order valence-electron chi connectivity index (χ4n) is 2.87. The second-order valence-corrected chi connectivity index (χ2v) is 5.98. The zero-order chi connectivity index (χ0) is 17.2. The molecule has 0 spiro atoms. The Labute approximate surface area is 145 Å². The van der Waals surface area contributed by atoms with Gasteiger partial charge in [0.25, 0.3) is 0 Å². The van der Waals surface area contributed by atoms with Gasteiger partial charge in [-0.2, -0.15) is 0 Å². The predicted molar refractivity (Wildman–Crippen MR) is 96.6 cm³/mol. The minimum Gasteiger partial charge on any atom is -0.507 e. The highest BCUT2D eigenvalue weighted by Gasteiger charge is 2.30. The van der Waals surface area contributed by atoms with Crippen molar-refractivity contribution < 1.29 is 9.84 Å². The molecular weight excluding hydrogens is 316 g/mol. The lowest BCUT2D eigenvalue weighted by Crippen LogP contribution is -2.54. The molecule has 2 aromatic carbocycles. The zero-order valence-electron chi connectivity index (χ0n) is 13.5. The highest BCUT2D eigenvalue weighted by Crippen LogP contribution is 2.33. The van der Waals surface area contributed by atoms with Crippen molar-refractivity contribution in [3.8, 4) is 22.8 Å². The van der Waals surface area contributed by atoms with Gasteiger partial charge in [0.2, 0.25) is 0 Å². The first-order valence-electron chi connectivity index (χ1n) is 8.09. The summed E-state index contributed by atoms with van der Waals surface area (Å²) in [5.74, 6) is 1.40. The minimum atomic E-state index is 0.114. The number of benzene rings is 2. The molecule has 3 aromatic rings. The summed E-state index contributed by atoms with van der Waals surface area (Å²) in [5.41, 5.74) is 8.03. The summed E-state index contributed by atoms with van der Waals surface area (Å²) in [4.78, 5) is 2.10. The number of hydrogen-bond donors (Lipinski definition) is 2. The molecule has 0 radical (unpaired) electrons. The highest BCUT2D eigenvalue weighted by molar-refractivity contribution is 5.74. The van der Waals surface area contributed by atoms with Crippen molar-refractivity contribution in [3.05, 3.63) is 60.7 Å². The van der Waals surface area contributed by atoms with E-state index in [2.05, 4.69) is 15.1 Å². The predicted octanol–water partition coefficient (Wildman–Crippen LogP) is 2.70. The third kappa shape index (κ3) is 3.06. The van der Waals surface area contributed by atoms with Crippen molar-refractivity contribution in [3.63, 3.8) is 0 Å². The van der Waals surface area contributed by atoms with E-state index in [4.69, 9.17) is 10.5 Å². The first kappa shape index (κ1) is 15.3. The number of anilines is 2. The van der Waals surface area contributed by atoms with E-state index in [1.165, 1.54) is 0 Å². The van der Waals surface area contributed by atoms with E-state index >= 15 is 0 Å². The molecule has 25 heavy (non-hydrogen) atoms. The van der Waals surface area contributed by atoms with Crippen molar-refractivity contribution >= 4 is 11.5 Å². The minimum absolute atomic E-state index is 0.114. The van der Waals surface area contributed by atoms with E-state index in [0.717, 1.165) is 24.5 Å². The Morgan fingerprint density at radius 1 is 1.00 bits per heavy atom. The van der Waals surface area contributed by atoms with Gasteiger partial charge in [0.1, 0.15) is 17.6 Å². The molecule has 2 heterocycles. The number of nitrogens with zero attached hydrogens (tertiary/aromatic N) is 3. The summed E-state index contributed by atoms with van der Waals surface area (Å²) >= 11 is 0. The number of para-hydroxylation sites is 2. The Balaban J connectivity index is 1.50.